The highest BCUT2D eigenvalue weighted by Gasteiger charge is 2.39. The molecule has 2 aliphatic rings. The van der Waals surface area contributed by atoms with E-state index >= 15 is 0 Å². The minimum absolute atomic E-state index is 0.0293. The number of benzene rings is 2. The fourth-order valence-corrected chi connectivity index (χ4v) is 4.45. The maximum Gasteiger partial charge on any atom is 0.269 e. The molecular weight excluding hydrogens is 400 g/mol. The number of amides is 1. The van der Waals surface area contributed by atoms with Crippen LogP contribution >= 0.6 is 0 Å². The van der Waals surface area contributed by atoms with Crippen LogP contribution in [0.4, 0.5) is 5.69 Å². The minimum Gasteiger partial charge on any atom is -0.497 e. The van der Waals surface area contributed by atoms with Crippen LogP contribution in [0.1, 0.15) is 42.2 Å². The first-order chi connectivity index (χ1) is 14.9. The first-order valence-corrected chi connectivity index (χ1v) is 9.93. The number of nitrogens with one attached hydrogen (secondary N) is 1. The van der Waals surface area contributed by atoms with E-state index in [9.17, 15) is 19.7 Å². The number of nitro benzene ring substituents is 1. The van der Waals surface area contributed by atoms with Crippen LogP contribution in [0.5, 0.6) is 11.5 Å². The van der Waals surface area contributed by atoms with Gasteiger partial charge in [-0.25, -0.2) is 0 Å². The highest BCUT2D eigenvalue weighted by atomic mass is 16.6. The second kappa shape index (κ2) is 8.22. The van der Waals surface area contributed by atoms with Crippen molar-refractivity contribution in [1.82, 2.24) is 5.32 Å². The van der Waals surface area contributed by atoms with Gasteiger partial charge in [0.25, 0.3) is 5.69 Å². The Labute approximate surface area is 179 Å². The number of ether oxygens (including phenoxy) is 2. The molecule has 0 unspecified atom stereocenters. The van der Waals surface area contributed by atoms with Gasteiger partial charge in [0.1, 0.15) is 11.5 Å². The minimum atomic E-state index is -0.472. The molecule has 2 atom stereocenters. The summed E-state index contributed by atoms with van der Waals surface area (Å²) in [5, 5.41) is 13.8. The number of methoxy groups -OCH3 is 2. The Morgan fingerprint density at radius 1 is 1.00 bits per heavy atom. The van der Waals surface area contributed by atoms with Gasteiger partial charge < -0.3 is 14.8 Å². The number of allylic oxidation sites excluding steroid dienone is 2. The molecule has 0 fully saturated rings. The SMILES string of the molecule is COc1ccc(OC)c([C@H]2CC(=O)C3=C(C2)NC(=O)C[C@@H]3c2ccc([N+](=O)[O-])cc2)c1. The molecule has 0 spiro atoms. The number of Topliss-reactive ketones (excluding diaryl/α,β-unsaturated/α-hetero) is 1. The highest BCUT2D eigenvalue weighted by Crippen LogP contribution is 2.45. The Kier molecular flexibility index (Phi) is 5.46. The molecule has 0 radical (unpaired) electrons. The molecule has 8 nitrogen and oxygen atoms in total. The Balaban J connectivity index is 1.71. The number of hydrogen-bond donors (Lipinski definition) is 1. The molecule has 2 aromatic rings. The van der Waals surface area contributed by atoms with Crippen molar-refractivity contribution in [1.29, 1.82) is 0 Å². The fraction of sp³-hybridized carbons (Fsp3) is 0.304. The monoisotopic (exact) mass is 422 g/mol. The van der Waals surface area contributed by atoms with Gasteiger partial charge in [-0.2, -0.15) is 0 Å². The largest absolute Gasteiger partial charge is 0.497 e. The van der Waals surface area contributed by atoms with E-state index in [2.05, 4.69) is 5.32 Å². The third-order valence-corrected chi connectivity index (χ3v) is 5.92. The van der Waals surface area contributed by atoms with E-state index in [0.29, 0.717) is 29.2 Å². The summed E-state index contributed by atoms with van der Waals surface area (Å²) >= 11 is 0. The standard InChI is InChI=1S/C23H22N2O6/c1-30-16-7-8-21(31-2)17(11-16)14-9-19-23(20(26)10-14)18(12-22(27)24-19)13-3-5-15(6-4-13)25(28)29/h3-8,11,14,18H,9-10,12H2,1-2H3,(H,24,27)/t14-,18-/m1/s1. The molecule has 1 amide bonds. The second-order valence-electron chi connectivity index (χ2n) is 7.68. The molecule has 1 heterocycles. The first-order valence-electron chi connectivity index (χ1n) is 9.93. The van der Waals surface area contributed by atoms with E-state index in [1.165, 1.54) is 12.1 Å². The number of nitrogens with zero attached hydrogens (tertiary/aromatic N) is 1. The van der Waals surface area contributed by atoms with Gasteiger partial charge in [-0.15, -0.1) is 0 Å². The molecule has 1 aliphatic carbocycles. The molecular formula is C23H22N2O6. The molecule has 1 aliphatic heterocycles. The normalized spacial score (nSPS) is 20.7. The van der Waals surface area contributed by atoms with Gasteiger partial charge in [0, 0.05) is 53.6 Å². The van der Waals surface area contributed by atoms with Gasteiger partial charge >= 0.3 is 0 Å². The third kappa shape index (κ3) is 3.88. The lowest BCUT2D eigenvalue weighted by molar-refractivity contribution is -0.384. The lowest BCUT2D eigenvalue weighted by Crippen LogP contribution is -2.38. The van der Waals surface area contributed by atoms with E-state index in [4.69, 9.17) is 9.47 Å². The number of hydrogen-bond acceptors (Lipinski definition) is 6. The Hall–Kier alpha value is -3.68. The summed E-state index contributed by atoms with van der Waals surface area (Å²) in [4.78, 5) is 36.2. The van der Waals surface area contributed by atoms with Gasteiger partial charge in [0.2, 0.25) is 5.91 Å². The number of non-ortho nitro benzene ring substituents is 1. The third-order valence-electron chi connectivity index (χ3n) is 5.92. The summed E-state index contributed by atoms with van der Waals surface area (Å²) in [5.41, 5.74) is 2.75. The van der Waals surface area contributed by atoms with E-state index in [1.54, 1.807) is 32.4 Å². The van der Waals surface area contributed by atoms with Crippen LogP contribution in [0.25, 0.3) is 0 Å². The number of ketones is 1. The van der Waals surface area contributed by atoms with Gasteiger partial charge in [-0.3, -0.25) is 19.7 Å². The van der Waals surface area contributed by atoms with E-state index in [1.807, 2.05) is 12.1 Å². The van der Waals surface area contributed by atoms with E-state index in [0.717, 1.165) is 11.1 Å². The van der Waals surface area contributed by atoms with Gasteiger partial charge in [-0.05, 0) is 30.2 Å². The van der Waals surface area contributed by atoms with Crippen LogP contribution in [-0.2, 0) is 9.59 Å². The fourth-order valence-electron chi connectivity index (χ4n) is 4.45. The Morgan fingerprint density at radius 3 is 2.39 bits per heavy atom. The van der Waals surface area contributed by atoms with Crippen LogP contribution in [0.2, 0.25) is 0 Å². The second-order valence-corrected chi connectivity index (χ2v) is 7.68. The molecule has 4 rings (SSSR count). The van der Waals surface area contributed by atoms with Crippen LogP contribution in [0, 0.1) is 10.1 Å². The van der Waals surface area contributed by atoms with Crippen molar-refractivity contribution in [3.05, 3.63) is 75.0 Å². The lowest BCUT2D eigenvalue weighted by atomic mass is 9.73. The molecule has 0 bridgehead atoms. The summed E-state index contributed by atoms with van der Waals surface area (Å²) in [5.74, 6) is 0.543. The number of carbonyl (C=O) groups excluding carboxylic acids is 2. The van der Waals surface area contributed by atoms with Crippen LogP contribution in [0.15, 0.2) is 53.7 Å². The zero-order chi connectivity index (χ0) is 22.1. The topological polar surface area (TPSA) is 108 Å². The highest BCUT2D eigenvalue weighted by molar-refractivity contribution is 6.02. The smallest absolute Gasteiger partial charge is 0.269 e. The predicted molar refractivity (Wildman–Crippen MR) is 112 cm³/mol. The van der Waals surface area contributed by atoms with Crippen molar-refractivity contribution < 1.29 is 24.0 Å². The average Bonchev–Trinajstić information content (AvgIpc) is 2.77. The average molecular weight is 422 g/mol. The summed E-state index contributed by atoms with van der Waals surface area (Å²) in [6.45, 7) is 0. The zero-order valence-corrected chi connectivity index (χ0v) is 17.2. The maximum absolute atomic E-state index is 13.2. The Bertz CT molecular complexity index is 1090. The molecule has 160 valence electrons. The van der Waals surface area contributed by atoms with Crippen molar-refractivity contribution in [3.63, 3.8) is 0 Å². The summed E-state index contributed by atoms with van der Waals surface area (Å²) in [6, 6.07) is 11.5. The predicted octanol–water partition coefficient (Wildman–Crippen LogP) is 3.62. The molecule has 31 heavy (non-hydrogen) atoms. The number of carbonyl (C=O) groups is 2. The maximum atomic E-state index is 13.2. The van der Waals surface area contributed by atoms with E-state index in [-0.39, 0.29) is 36.1 Å². The van der Waals surface area contributed by atoms with Crippen molar-refractivity contribution in [2.75, 3.05) is 14.2 Å². The molecule has 0 aromatic heterocycles. The van der Waals surface area contributed by atoms with E-state index < -0.39 is 10.8 Å². The van der Waals surface area contributed by atoms with Crippen molar-refractivity contribution in [2.45, 2.75) is 31.1 Å². The van der Waals surface area contributed by atoms with Gasteiger partial charge in [0.05, 0.1) is 19.1 Å². The molecule has 2 aromatic carbocycles. The van der Waals surface area contributed by atoms with Crippen molar-refractivity contribution >= 4 is 17.4 Å². The van der Waals surface area contributed by atoms with Gasteiger partial charge in [0.15, 0.2) is 5.78 Å². The quantitative estimate of drug-likeness (QED) is 0.582. The molecule has 0 saturated heterocycles. The summed E-state index contributed by atoms with van der Waals surface area (Å²) < 4.78 is 10.8. The molecule has 1 N–H and O–H groups in total. The first kappa shape index (κ1) is 20.6. The summed E-state index contributed by atoms with van der Waals surface area (Å²) in [6.07, 6.45) is 0.900. The van der Waals surface area contributed by atoms with Gasteiger partial charge in [-0.1, -0.05) is 12.1 Å². The van der Waals surface area contributed by atoms with Crippen LogP contribution in [-0.4, -0.2) is 30.8 Å². The van der Waals surface area contributed by atoms with Crippen LogP contribution in [0.3, 0.4) is 0 Å². The summed E-state index contributed by atoms with van der Waals surface area (Å²) in [7, 11) is 3.15. The van der Waals surface area contributed by atoms with Crippen molar-refractivity contribution in [3.8, 4) is 11.5 Å². The lowest BCUT2D eigenvalue weighted by Gasteiger charge is -2.34. The molecule has 0 saturated carbocycles. The number of rotatable bonds is 5. The van der Waals surface area contributed by atoms with Crippen molar-refractivity contribution in [2.24, 2.45) is 0 Å². The Morgan fingerprint density at radius 2 is 1.74 bits per heavy atom. The number of nitro groups is 1. The van der Waals surface area contributed by atoms with Crippen LogP contribution < -0.4 is 14.8 Å². The molecule has 8 heteroatoms. The zero-order valence-electron chi connectivity index (χ0n) is 17.2.